The van der Waals surface area contributed by atoms with E-state index in [2.05, 4.69) is 14.9 Å². The van der Waals surface area contributed by atoms with Gasteiger partial charge in [0.2, 0.25) is 0 Å². The standard InChI is InChI=1S/C22H24N4O3S/c1-15(21-24-17-9-3-4-10-18(17)30-21)25(2)19(27)14-29-22(28)16-8-7-11-23-20(16)26-12-5-6-13-26/h3-4,7-11,15H,5-6,12-14H2,1-2H3. The number of hydrogen-bond acceptors (Lipinski definition) is 7. The number of nitrogens with zero attached hydrogens (tertiary/aromatic N) is 4. The van der Waals surface area contributed by atoms with Gasteiger partial charge in [0.25, 0.3) is 5.91 Å². The fourth-order valence-corrected chi connectivity index (χ4v) is 4.56. The van der Waals surface area contributed by atoms with Crippen molar-refractivity contribution in [3.63, 3.8) is 0 Å². The van der Waals surface area contributed by atoms with Crippen LogP contribution in [-0.4, -0.2) is 53.5 Å². The molecule has 7 nitrogen and oxygen atoms in total. The van der Waals surface area contributed by atoms with Crippen LogP contribution in [0.1, 0.15) is 41.2 Å². The molecule has 8 heteroatoms. The Balaban J connectivity index is 1.40. The molecule has 1 aliphatic rings. The van der Waals surface area contributed by atoms with Crippen molar-refractivity contribution in [3.05, 3.63) is 53.2 Å². The molecule has 156 valence electrons. The summed E-state index contributed by atoms with van der Waals surface area (Å²) in [4.78, 5) is 37.9. The van der Waals surface area contributed by atoms with E-state index in [4.69, 9.17) is 4.74 Å². The zero-order chi connectivity index (χ0) is 21.1. The van der Waals surface area contributed by atoms with Gasteiger partial charge in [-0.05, 0) is 44.0 Å². The topological polar surface area (TPSA) is 75.6 Å². The average molecular weight is 425 g/mol. The minimum atomic E-state index is -0.528. The monoisotopic (exact) mass is 424 g/mol. The molecule has 1 aliphatic heterocycles. The number of thiazole rings is 1. The van der Waals surface area contributed by atoms with Crippen LogP contribution in [0.2, 0.25) is 0 Å². The molecule has 0 N–H and O–H groups in total. The lowest BCUT2D eigenvalue weighted by atomic mass is 10.2. The summed E-state index contributed by atoms with van der Waals surface area (Å²) in [6.07, 6.45) is 3.83. The van der Waals surface area contributed by atoms with E-state index in [1.54, 1.807) is 41.6 Å². The third kappa shape index (κ3) is 4.14. The van der Waals surface area contributed by atoms with Crippen LogP contribution in [0.15, 0.2) is 42.6 Å². The lowest BCUT2D eigenvalue weighted by molar-refractivity contribution is -0.135. The molecular weight excluding hydrogens is 400 g/mol. The Bertz CT molecular complexity index is 1030. The lowest BCUT2D eigenvalue weighted by Gasteiger charge is -2.23. The molecule has 1 saturated heterocycles. The molecule has 1 amide bonds. The number of likely N-dealkylation sites (N-methyl/N-ethyl adjacent to an activating group) is 1. The Kier molecular flexibility index (Phi) is 5.94. The summed E-state index contributed by atoms with van der Waals surface area (Å²) in [7, 11) is 1.70. The Hall–Kier alpha value is -3.00. The Morgan fingerprint density at radius 2 is 1.97 bits per heavy atom. The van der Waals surface area contributed by atoms with E-state index >= 15 is 0 Å². The summed E-state index contributed by atoms with van der Waals surface area (Å²) in [5.41, 5.74) is 1.32. The summed E-state index contributed by atoms with van der Waals surface area (Å²) < 4.78 is 6.42. The molecule has 0 bridgehead atoms. The molecule has 1 unspecified atom stereocenters. The molecule has 0 radical (unpaired) electrons. The van der Waals surface area contributed by atoms with Gasteiger partial charge in [-0.2, -0.15) is 0 Å². The second kappa shape index (κ2) is 8.79. The van der Waals surface area contributed by atoms with Gasteiger partial charge in [-0.3, -0.25) is 4.79 Å². The van der Waals surface area contributed by atoms with Crippen molar-refractivity contribution in [1.29, 1.82) is 0 Å². The van der Waals surface area contributed by atoms with Gasteiger partial charge in [0.05, 0.1) is 16.3 Å². The number of esters is 1. The fraction of sp³-hybridized carbons (Fsp3) is 0.364. The Labute approximate surface area is 179 Å². The molecule has 2 aromatic heterocycles. The number of hydrogen-bond donors (Lipinski definition) is 0. The first-order valence-electron chi connectivity index (χ1n) is 10.0. The fourth-order valence-electron chi connectivity index (χ4n) is 3.49. The number of fused-ring (bicyclic) bond motifs is 1. The van der Waals surface area contributed by atoms with Gasteiger partial charge in [-0.1, -0.05) is 12.1 Å². The van der Waals surface area contributed by atoms with Gasteiger partial charge in [-0.25, -0.2) is 14.8 Å². The first-order chi connectivity index (χ1) is 14.5. The number of benzene rings is 1. The highest BCUT2D eigenvalue weighted by Gasteiger charge is 2.24. The van der Waals surface area contributed by atoms with E-state index in [1.165, 1.54) is 0 Å². The molecule has 3 aromatic rings. The highest BCUT2D eigenvalue weighted by atomic mass is 32.1. The van der Waals surface area contributed by atoms with E-state index in [0.717, 1.165) is 41.2 Å². The van der Waals surface area contributed by atoms with Gasteiger partial charge in [-0.15, -0.1) is 11.3 Å². The number of amides is 1. The van der Waals surface area contributed by atoms with Gasteiger partial charge in [0.15, 0.2) is 6.61 Å². The number of pyridine rings is 1. The number of carbonyl (C=O) groups excluding carboxylic acids is 2. The SMILES string of the molecule is CC(c1nc2ccccc2s1)N(C)C(=O)COC(=O)c1cccnc1N1CCCC1. The van der Waals surface area contributed by atoms with Gasteiger partial charge in [0.1, 0.15) is 16.4 Å². The van der Waals surface area contributed by atoms with Crippen molar-refractivity contribution >= 4 is 39.2 Å². The van der Waals surface area contributed by atoms with Crippen LogP contribution in [0.5, 0.6) is 0 Å². The van der Waals surface area contributed by atoms with E-state index in [0.29, 0.717) is 11.4 Å². The van der Waals surface area contributed by atoms with Crippen LogP contribution >= 0.6 is 11.3 Å². The second-order valence-electron chi connectivity index (χ2n) is 7.35. The molecule has 0 aliphatic carbocycles. The third-order valence-corrected chi connectivity index (χ3v) is 6.59. The van der Waals surface area contributed by atoms with Crippen LogP contribution in [-0.2, 0) is 9.53 Å². The van der Waals surface area contributed by atoms with Crippen molar-refractivity contribution < 1.29 is 14.3 Å². The normalized spacial score (nSPS) is 14.7. The summed E-state index contributed by atoms with van der Waals surface area (Å²) in [6.45, 7) is 3.35. The minimum Gasteiger partial charge on any atom is -0.452 e. The van der Waals surface area contributed by atoms with Crippen LogP contribution in [0.4, 0.5) is 5.82 Å². The van der Waals surface area contributed by atoms with Gasteiger partial charge < -0.3 is 14.5 Å². The molecule has 1 atom stereocenters. The van der Waals surface area contributed by atoms with Crippen molar-refractivity contribution in [1.82, 2.24) is 14.9 Å². The molecule has 1 fully saturated rings. The lowest BCUT2D eigenvalue weighted by Crippen LogP contribution is -2.33. The van der Waals surface area contributed by atoms with E-state index in [-0.39, 0.29) is 18.6 Å². The minimum absolute atomic E-state index is 0.216. The highest BCUT2D eigenvalue weighted by Crippen LogP contribution is 2.29. The first-order valence-corrected chi connectivity index (χ1v) is 10.8. The predicted octanol–water partition coefficient (Wildman–Crippen LogP) is 3.67. The number of aromatic nitrogens is 2. The summed E-state index contributed by atoms with van der Waals surface area (Å²) in [5, 5.41) is 0.849. The van der Waals surface area contributed by atoms with Crippen LogP contribution in [0, 0.1) is 0 Å². The maximum atomic E-state index is 12.6. The zero-order valence-corrected chi connectivity index (χ0v) is 17.9. The van der Waals surface area contributed by atoms with E-state index in [1.807, 2.05) is 31.2 Å². The second-order valence-corrected chi connectivity index (χ2v) is 8.41. The molecule has 3 heterocycles. The van der Waals surface area contributed by atoms with Crippen LogP contribution in [0.3, 0.4) is 0 Å². The summed E-state index contributed by atoms with van der Waals surface area (Å²) in [5.74, 6) is -0.176. The van der Waals surface area contributed by atoms with E-state index < -0.39 is 5.97 Å². The molecule has 1 aromatic carbocycles. The molecule has 30 heavy (non-hydrogen) atoms. The number of ether oxygens (including phenoxy) is 1. The average Bonchev–Trinajstić information content (AvgIpc) is 3.46. The van der Waals surface area contributed by atoms with Crippen molar-refractivity contribution in [2.45, 2.75) is 25.8 Å². The smallest absolute Gasteiger partial charge is 0.342 e. The third-order valence-electron chi connectivity index (χ3n) is 5.38. The van der Waals surface area contributed by atoms with Crippen LogP contribution < -0.4 is 4.90 Å². The highest BCUT2D eigenvalue weighted by molar-refractivity contribution is 7.18. The van der Waals surface area contributed by atoms with Crippen LogP contribution in [0.25, 0.3) is 10.2 Å². The summed E-state index contributed by atoms with van der Waals surface area (Å²) >= 11 is 1.56. The van der Waals surface area contributed by atoms with Crippen molar-refractivity contribution in [3.8, 4) is 0 Å². The molecule has 0 saturated carbocycles. The Morgan fingerprint density at radius 1 is 1.20 bits per heavy atom. The number of rotatable bonds is 6. The van der Waals surface area contributed by atoms with Crippen molar-refractivity contribution in [2.24, 2.45) is 0 Å². The summed E-state index contributed by atoms with van der Waals surface area (Å²) in [6, 6.07) is 11.1. The van der Waals surface area contributed by atoms with E-state index in [9.17, 15) is 9.59 Å². The maximum absolute atomic E-state index is 12.6. The molecule has 0 spiro atoms. The number of carbonyl (C=O) groups is 2. The maximum Gasteiger partial charge on any atom is 0.342 e. The quantitative estimate of drug-likeness (QED) is 0.562. The van der Waals surface area contributed by atoms with Gasteiger partial charge >= 0.3 is 5.97 Å². The molecular formula is C22H24N4O3S. The van der Waals surface area contributed by atoms with Gasteiger partial charge in [0, 0.05) is 26.3 Å². The largest absolute Gasteiger partial charge is 0.452 e. The zero-order valence-electron chi connectivity index (χ0n) is 17.1. The van der Waals surface area contributed by atoms with Crippen molar-refractivity contribution in [2.75, 3.05) is 31.6 Å². The number of anilines is 1. The number of para-hydroxylation sites is 1. The first kappa shape index (κ1) is 20.3. The molecule has 4 rings (SSSR count). The Morgan fingerprint density at radius 3 is 2.73 bits per heavy atom. The predicted molar refractivity (Wildman–Crippen MR) is 117 cm³/mol.